The summed E-state index contributed by atoms with van der Waals surface area (Å²) >= 11 is 3.89. The molecule has 1 atom stereocenters. The minimum absolute atomic E-state index is 0.786. The number of methoxy groups -OCH3 is 1. The maximum Gasteiger partial charge on any atom is 0.0594 e. The lowest BCUT2D eigenvalue weighted by Gasteiger charge is -2.31. The van der Waals surface area contributed by atoms with Crippen LogP contribution in [0, 0.1) is 5.92 Å². The highest BCUT2D eigenvalue weighted by molar-refractivity contribution is 7.88. The quantitative estimate of drug-likeness (QED) is 0.734. The van der Waals surface area contributed by atoms with Crippen molar-refractivity contribution in [3.63, 3.8) is 0 Å². The van der Waals surface area contributed by atoms with Gasteiger partial charge in [-0.05, 0) is 46.4 Å². The van der Waals surface area contributed by atoms with Crippen molar-refractivity contribution in [3.8, 4) is 0 Å². The first-order chi connectivity index (χ1) is 10.3. The molecule has 4 nitrogen and oxygen atoms in total. The molecule has 6 heteroatoms. The van der Waals surface area contributed by atoms with Gasteiger partial charge >= 0.3 is 0 Å². The predicted molar refractivity (Wildman–Crippen MR) is 95.3 cm³/mol. The van der Waals surface area contributed by atoms with Gasteiger partial charge in [0.25, 0.3) is 0 Å². The molecule has 2 heterocycles. The summed E-state index contributed by atoms with van der Waals surface area (Å²) < 4.78 is 10.3. The highest BCUT2D eigenvalue weighted by Crippen LogP contribution is 2.15. The van der Waals surface area contributed by atoms with E-state index in [1.807, 2.05) is 0 Å². The normalized spacial score (nSPS) is 23.5. The monoisotopic (exact) mass is 336 g/mol. The predicted octanol–water partition coefficient (Wildman–Crippen LogP) is 2.29. The molecule has 2 aliphatic rings. The lowest BCUT2D eigenvalue weighted by Crippen LogP contribution is -2.36. The minimum Gasteiger partial charge on any atom is -0.384 e. The molecule has 1 unspecified atom stereocenters. The number of rotatable bonds is 4. The molecule has 0 spiro atoms. The number of morpholine rings is 1. The molecule has 21 heavy (non-hydrogen) atoms. The molecule has 0 aromatic rings. The van der Waals surface area contributed by atoms with Gasteiger partial charge in [0.15, 0.2) is 0 Å². The van der Waals surface area contributed by atoms with Crippen molar-refractivity contribution in [1.82, 2.24) is 9.80 Å². The molecule has 2 fully saturated rings. The molecule has 0 aliphatic carbocycles. The van der Waals surface area contributed by atoms with Crippen LogP contribution in [0.1, 0.15) is 26.7 Å². The van der Waals surface area contributed by atoms with Gasteiger partial charge in [-0.3, -0.25) is 4.90 Å². The summed E-state index contributed by atoms with van der Waals surface area (Å²) in [5.74, 6) is 0.786. The Balaban J connectivity index is 0.000000354. The topological polar surface area (TPSA) is 24.9 Å². The number of piperidine rings is 1. The average Bonchev–Trinajstić information content (AvgIpc) is 2.58. The van der Waals surface area contributed by atoms with Gasteiger partial charge in [0.2, 0.25) is 0 Å². The number of likely N-dealkylation sites (tertiary alicyclic amines) is 1. The van der Waals surface area contributed by atoms with Gasteiger partial charge < -0.3 is 14.4 Å². The van der Waals surface area contributed by atoms with Crippen molar-refractivity contribution >= 4 is 19.8 Å². The molecule has 126 valence electrons. The number of hydrogen-bond donors (Lipinski definition) is 0. The van der Waals surface area contributed by atoms with E-state index in [9.17, 15) is 0 Å². The summed E-state index contributed by atoms with van der Waals surface area (Å²) in [6.07, 6.45) is 2.70. The van der Waals surface area contributed by atoms with E-state index < -0.39 is 0 Å². The van der Waals surface area contributed by atoms with Crippen molar-refractivity contribution in [3.05, 3.63) is 0 Å². The average molecular weight is 336 g/mol. The van der Waals surface area contributed by atoms with Crippen molar-refractivity contribution in [2.45, 2.75) is 26.7 Å². The first kappa shape index (κ1) is 21.4. The summed E-state index contributed by atoms with van der Waals surface area (Å²) in [7, 11) is 4.35. The molecule has 0 N–H and O–H groups in total. The molecule has 0 radical (unpaired) electrons. The zero-order valence-electron chi connectivity index (χ0n) is 14.0. The summed E-state index contributed by atoms with van der Waals surface area (Å²) in [4.78, 5) is 4.90. The maximum absolute atomic E-state index is 5.16. The van der Waals surface area contributed by atoms with Gasteiger partial charge in [-0.2, -0.15) is 0 Å². The van der Waals surface area contributed by atoms with Gasteiger partial charge in [-0.25, -0.2) is 0 Å². The van der Waals surface area contributed by atoms with Crippen LogP contribution >= 0.6 is 8.02 Å². The zero-order chi connectivity index (χ0) is 15.9. The molecule has 2 aliphatic heterocycles. The van der Waals surface area contributed by atoms with Gasteiger partial charge in [0, 0.05) is 26.7 Å². The zero-order valence-corrected chi connectivity index (χ0v) is 15.8. The Bertz CT molecular complexity index is 230. The van der Waals surface area contributed by atoms with Crippen molar-refractivity contribution in [1.29, 1.82) is 0 Å². The van der Waals surface area contributed by atoms with Gasteiger partial charge in [-0.1, -0.05) is 25.7 Å². The van der Waals surface area contributed by atoms with Crippen LogP contribution in [-0.4, -0.2) is 76.0 Å². The smallest absolute Gasteiger partial charge is 0.0594 e. The van der Waals surface area contributed by atoms with E-state index in [1.54, 1.807) is 7.11 Å². The Kier molecular flexibility index (Phi) is 15.5. The van der Waals surface area contributed by atoms with Crippen LogP contribution in [0.2, 0.25) is 0 Å². The van der Waals surface area contributed by atoms with E-state index in [4.69, 9.17) is 9.47 Å². The van der Waals surface area contributed by atoms with Crippen LogP contribution < -0.4 is 0 Å². The Labute approximate surface area is 138 Å². The summed E-state index contributed by atoms with van der Waals surface area (Å²) in [5, 5.41) is 0. The second-order valence-electron chi connectivity index (χ2n) is 5.40. The lowest BCUT2D eigenvalue weighted by molar-refractivity contribution is 0.0405. The molecule has 2 saturated heterocycles. The first-order valence-corrected chi connectivity index (χ1v) is 9.65. The summed E-state index contributed by atoms with van der Waals surface area (Å²) in [5.41, 5.74) is 0. The fourth-order valence-corrected chi connectivity index (χ4v) is 2.73. The van der Waals surface area contributed by atoms with E-state index in [1.165, 1.54) is 39.0 Å². The Morgan fingerprint density at radius 3 is 2.19 bits per heavy atom. The third-order valence-corrected chi connectivity index (χ3v) is 4.00. The largest absolute Gasteiger partial charge is 0.384 e. The SMILES string of the molecule is CCN1CCCC(COC)C1.CCN1CCOCC1.P=S. The molecule has 0 amide bonds. The molecular weight excluding hydrogens is 303 g/mol. The Hall–Kier alpha value is 0.360. The molecule has 2 rings (SSSR count). The lowest BCUT2D eigenvalue weighted by atomic mass is 9.99. The second-order valence-corrected chi connectivity index (χ2v) is 5.40. The number of ether oxygens (including phenoxy) is 2. The Morgan fingerprint density at radius 1 is 1.10 bits per heavy atom. The highest BCUT2D eigenvalue weighted by Gasteiger charge is 2.17. The maximum atomic E-state index is 5.16. The first-order valence-electron chi connectivity index (χ1n) is 8.01. The van der Waals surface area contributed by atoms with E-state index in [0.29, 0.717) is 0 Å². The van der Waals surface area contributed by atoms with E-state index in [-0.39, 0.29) is 0 Å². The highest BCUT2D eigenvalue weighted by atomic mass is 32.4. The molecule has 0 bridgehead atoms. The summed E-state index contributed by atoms with van der Waals surface area (Å²) in [6, 6.07) is 0. The molecular formula is C15H33N2O2PS. The van der Waals surface area contributed by atoms with Crippen molar-refractivity contribution in [2.75, 3.05) is 66.2 Å². The Morgan fingerprint density at radius 2 is 1.71 bits per heavy atom. The third kappa shape index (κ3) is 10.7. The fourth-order valence-electron chi connectivity index (χ4n) is 2.73. The fraction of sp³-hybridized carbons (Fsp3) is 1.00. The van der Waals surface area contributed by atoms with Crippen LogP contribution in [-0.2, 0) is 21.3 Å². The van der Waals surface area contributed by atoms with Crippen LogP contribution in [0.15, 0.2) is 0 Å². The number of nitrogens with zero attached hydrogens (tertiary/aromatic N) is 2. The molecule has 0 aromatic heterocycles. The van der Waals surface area contributed by atoms with Crippen LogP contribution in [0.3, 0.4) is 0 Å². The van der Waals surface area contributed by atoms with Gasteiger partial charge in [0.1, 0.15) is 0 Å². The van der Waals surface area contributed by atoms with Crippen LogP contribution in [0.25, 0.3) is 0 Å². The number of hydrogen-bond acceptors (Lipinski definition) is 5. The van der Waals surface area contributed by atoms with Crippen LogP contribution in [0.5, 0.6) is 0 Å². The second kappa shape index (κ2) is 15.3. The van der Waals surface area contributed by atoms with Gasteiger partial charge in [-0.15, -0.1) is 0 Å². The number of likely N-dealkylation sites (N-methyl/N-ethyl adjacent to an activating group) is 1. The standard InChI is InChI=1S/C9H19NO.C6H13NO.HPS/c1-3-10-6-4-5-9(7-10)8-11-2;1-2-7-3-5-8-6-4-7;1-2/h9H,3-8H2,1-2H3;2-6H2,1H3;1H. The van der Waals surface area contributed by atoms with Crippen molar-refractivity contribution < 1.29 is 9.47 Å². The van der Waals surface area contributed by atoms with E-state index >= 15 is 0 Å². The third-order valence-electron chi connectivity index (χ3n) is 4.00. The summed E-state index contributed by atoms with van der Waals surface area (Å²) in [6.45, 7) is 14.3. The van der Waals surface area contributed by atoms with E-state index in [0.717, 1.165) is 38.8 Å². The molecule has 0 aromatic carbocycles. The van der Waals surface area contributed by atoms with Crippen LogP contribution in [0.4, 0.5) is 0 Å². The van der Waals surface area contributed by atoms with E-state index in [2.05, 4.69) is 43.5 Å². The van der Waals surface area contributed by atoms with Crippen molar-refractivity contribution in [2.24, 2.45) is 5.92 Å². The minimum atomic E-state index is 0.786. The molecule has 0 saturated carbocycles. The van der Waals surface area contributed by atoms with Gasteiger partial charge in [0.05, 0.1) is 19.8 Å².